The van der Waals surface area contributed by atoms with E-state index in [0.29, 0.717) is 30.2 Å². The second-order valence-corrected chi connectivity index (χ2v) is 3.64. The van der Waals surface area contributed by atoms with Crippen LogP contribution in [0.25, 0.3) is 0 Å². The average molecular weight is 211 g/mol. The Balaban J connectivity index is 2.38. The van der Waals surface area contributed by atoms with Crippen LogP contribution in [0.5, 0.6) is 11.5 Å². The van der Waals surface area contributed by atoms with E-state index < -0.39 is 5.67 Å². The van der Waals surface area contributed by atoms with Crippen molar-refractivity contribution in [3.05, 3.63) is 23.8 Å². The maximum atomic E-state index is 14.1. The Morgan fingerprint density at radius 1 is 1.27 bits per heavy atom. The van der Waals surface area contributed by atoms with E-state index in [-0.39, 0.29) is 0 Å². The van der Waals surface area contributed by atoms with Gasteiger partial charge in [0.15, 0.2) is 5.67 Å². The van der Waals surface area contributed by atoms with Gasteiger partial charge in [-0.25, -0.2) is 4.39 Å². The van der Waals surface area contributed by atoms with Gasteiger partial charge in [0.1, 0.15) is 11.5 Å². The summed E-state index contributed by atoms with van der Waals surface area (Å²) in [6.45, 7) is 0.686. The molecule has 1 aliphatic heterocycles. The first-order valence-electron chi connectivity index (χ1n) is 4.82. The first-order chi connectivity index (χ1) is 7.19. The van der Waals surface area contributed by atoms with E-state index in [2.05, 4.69) is 5.32 Å². The van der Waals surface area contributed by atoms with E-state index >= 15 is 0 Å². The van der Waals surface area contributed by atoms with Gasteiger partial charge < -0.3 is 14.8 Å². The number of nitrogens with one attached hydrogen (secondary N) is 1. The summed E-state index contributed by atoms with van der Waals surface area (Å²) in [5.74, 6) is 1.21. The summed E-state index contributed by atoms with van der Waals surface area (Å²) in [5.41, 5.74) is -0.706. The van der Waals surface area contributed by atoms with Gasteiger partial charge in [-0.1, -0.05) is 0 Å². The Labute approximate surface area is 88.2 Å². The van der Waals surface area contributed by atoms with Crippen LogP contribution in [0.4, 0.5) is 4.39 Å². The average Bonchev–Trinajstić information content (AvgIpc) is 2.25. The first-order valence-corrected chi connectivity index (χ1v) is 4.82. The van der Waals surface area contributed by atoms with Gasteiger partial charge in [0.05, 0.1) is 14.2 Å². The predicted molar refractivity (Wildman–Crippen MR) is 55.2 cm³/mol. The molecular formula is C11H14FNO2. The zero-order valence-electron chi connectivity index (χ0n) is 8.84. The Morgan fingerprint density at radius 3 is 2.47 bits per heavy atom. The van der Waals surface area contributed by atoms with Crippen LogP contribution in [0, 0.1) is 0 Å². The molecule has 1 aliphatic rings. The van der Waals surface area contributed by atoms with E-state index in [0.717, 1.165) is 0 Å². The number of hydrogen-bond acceptors (Lipinski definition) is 3. The lowest BCUT2D eigenvalue weighted by Gasteiger charge is -2.36. The number of hydrogen-bond donors (Lipinski definition) is 1. The molecule has 0 aliphatic carbocycles. The Kier molecular flexibility index (Phi) is 2.52. The molecule has 0 radical (unpaired) electrons. The smallest absolute Gasteiger partial charge is 0.164 e. The first kappa shape index (κ1) is 10.2. The van der Waals surface area contributed by atoms with Crippen molar-refractivity contribution in [2.45, 2.75) is 5.67 Å². The number of methoxy groups -OCH3 is 2. The normalized spacial score (nSPS) is 18.1. The molecule has 1 N–H and O–H groups in total. The van der Waals surface area contributed by atoms with Gasteiger partial charge >= 0.3 is 0 Å². The van der Waals surface area contributed by atoms with Crippen molar-refractivity contribution in [2.75, 3.05) is 27.3 Å². The molecule has 0 bridgehead atoms. The molecule has 82 valence electrons. The number of halogens is 1. The molecule has 1 fully saturated rings. The minimum absolute atomic E-state index is 0.343. The second kappa shape index (κ2) is 3.70. The van der Waals surface area contributed by atoms with Crippen molar-refractivity contribution < 1.29 is 13.9 Å². The molecule has 0 amide bonds. The van der Waals surface area contributed by atoms with E-state index in [1.165, 1.54) is 7.11 Å². The second-order valence-electron chi connectivity index (χ2n) is 3.64. The third-order valence-corrected chi connectivity index (χ3v) is 2.70. The van der Waals surface area contributed by atoms with Crippen LogP contribution in [0.3, 0.4) is 0 Å². The van der Waals surface area contributed by atoms with Gasteiger partial charge in [0.25, 0.3) is 0 Å². The summed E-state index contributed by atoms with van der Waals surface area (Å²) in [5, 5.41) is 2.92. The number of rotatable bonds is 3. The van der Waals surface area contributed by atoms with Crippen LogP contribution in [-0.2, 0) is 5.67 Å². The van der Waals surface area contributed by atoms with Gasteiger partial charge in [0, 0.05) is 24.7 Å². The quantitative estimate of drug-likeness (QED) is 0.821. The Bertz CT molecular complexity index is 364. The SMILES string of the molecule is COc1ccc(C2(F)CNC2)c(OC)c1. The highest BCUT2D eigenvalue weighted by Crippen LogP contribution is 2.38. The molecule has 1 aromatic carbocycles. The minimum atomic E-state index is -1.29. The largest absolute Gasteiger partial charge is 0.497 e. The lowest BCUT2D eigenvalue weighted by atomic mass is 9.89. The summed E-state index contributed by atoms with van der Waals surface area (Å²) < 4.78 is 24.4. The summed E-state index contributed by atoms with van der Waals surface area (Å²) >= 11 is 0. The third kappa shape index (κ3) is 1.65. The summed E-state index contributed by atoms with van der Waals surface area (Å²) in [6, 6.07) is 5.17. The molecule has 0 aromatic heterocycles. The fraction of sp³-hybridized carbons (Fsp3) is 0.455. The van der Waals surface area contributed by atoms with Crippen molar-refractivity contribution >= 4 is 0 Å². The van der Waals surface area contributed by atoms with Gasteiger partial charge in [0.2, 0.25) is 0 Å². The molecule has 0 spiro atoms. The maximum absolute atomic E-state index is 14.1. The molecule has 0 atom stereocenters. The van der Waals surface area contributed by atoms with Crippen molar-refractivity contribution in [3.8, 4) is 11.5 Å². The molecule has 0 unspecified atom stereocenters. The van der Waals surface area contributed by atoms with Crippen molar-refractivity contribution in [3.63, 3.8) is 0 Å². The van der Waals surface area contributed by atoms with E-state index in [1.807, 2.05) is 0 Å². The van der Waals surface area contributed by atoms with Crippen LogP contribution in [0.2, 0.25) is 0 Å². The Hall–Kier alpha value is -1.29. The zero-order chi connectivity index (χ0) is 10.9. The molecular weight excluding hydrogens is 197 g/mol. The van der Waals surface area contributed by atoms with Crippen LogP contribution < -0.4 is 14.8 Å². The zero-order valence-corrected chi connectivity index (χ0v) is 8.84. The van der Waals surface area contributed by atoms with Crippen molar-refractivity contribution in [1.29, 1.82) is 0 Å². The number of alkyl halides is 1. The highest BCUT2D eigenvalue weighted by Gasteiger charge is 2.41. The highest BCUT2D eigenvalue weighted by atomic mass is 19.1. The van der Waals surface area contributed by atoms with Crippen LogP contribution in [0.1, 0.15) is 5.56 Å². The van der Waals surface area contributed by atoms with Gasteiger partial charge in [-0.3, -0.25) is 0 Å². The summed E-state index contributed by atoms with van der Waals surface area (Å²) in [6.07, 6.45) is 0. The highest BCUT2D eigenvalue weighted by molar-refractivity contribution is 5.45. The molecule has 4 heteroatoms. The maximum Gasteiger partial charge on any atom is 0.164 e. The fourth-order valence-electron chi connectivity index (χ4n) is 1.70. The molecule has 0 saturated carbocycles. The monoisotopic (exact) mass is 211 g/mol. The van der Waals surface area contributed by atoms with Gasteiger partial charge in [-0.05, 0) is 12.1 Å². The topological polar surface area (TPSA) is 30.5 Å². The van der Waals surface area contributed by atoms with Crippen molar-refractivity contribution in [2.24, 2.45) is 0 Å². The van der Waals surface area contributed by atoms with Gasteiger partial charge in [-0.2, -0.15) is 0 Å². The lowest BCUT2D eigenvalue weighted by molar-refractivity contribution is 0.0857. The number of benzene rings is 1. The molecule has 15 heavy (non-hydrogen) atoms. The molecule has 1 aromatic rings. The molecule has 2 rings (SSSR count). The predicted octanol–water partition coefficient (Wildman–Crippen LogP) is 1.47. The van der Waals surface area contributed by atoms with Crippen molar-refractivity contribution in [1.82, 2.24) is 5.32 Å². The lowest BCUT2D eigenvalue weighted by Crippen LogP contribution is -2.53. The molecule has 3 nitrogen and oxygen atoms in total. The molecule has 1 heterocycles. The summed E-state index contributed by atoms with van der Waals surface area (Å²) in [4.78, 5) is 0. The Morgan fingerprint density at radius 2 is 2.00 bits per heavy atom. The van der Waals surface area contributed by atoms with Crippen LogP contribution >= 0.6 is 0 Å². The van der Waals surface area contributed by atoms with E-state index in [9.17, 15) is 4.39 Å². The third-order valence-electron chi connectivity index (χ3n) is 2.70. The standard InChI is InChI=1S/C11H14FNO2/c1-14-8-3-4-9(10(5-8)15-2)11(12)6-13-7-11/h3-5,13H,6-7H2,1-2H3. The van der Waals surface area contributed by atoms with Crippen LogP contribution in [0.15, 0.2) is 18.2 Å². The fourth-order valence-corrected chi connectivity index (χ4v) is 1.70. The molecule has 1 saturated heterocycles. The summed E-state index contributed by atoms with van der Waals surface area (Å²) in [7, 11) is 3.11. The minimum Gasteiger partial charge on any atom is -0.497 e. The van der Waals surface area contributed by atoms with Gasteiger partial charge in [-0.15, -0.1) is 0 Å². The van der Waals surface area contributed by atoms with E-state index in [1.54, 1.807) is 25.3 Å². The van der Waals surface area contributed by atoms with Crippen LogP contribution in [-0.4, -0.2) is 27.3 Å². The van der Waals surface area contributed by atoms with E-state index in [4.69, 9.17) is 9.47 Å². The number of ether oxygens (including phenoxy) is 2.